The van der Waals surface area contributed by atoms with E-state index in [-0.39, 0.29) is 6.61 Å². The third-order valence-electron chi connectivity index (χ3n) is 5.85. The normalized spacial score (nSPS) is 24.7. The van der Waals surface area contributed by atoms with Crippen LogP contribution in [0.25, 0.3) is 0 Å². The van der Waals surface area contributed by atoms with E-state index in [9.17, 15) is 5.11 Å². The van der Waals surface area contributed by atoms with E-state index in [4.69, 9.17) is 23.7 Å². The Hall–Kier alpha value is -2.58. The zero-order valence-electron chi connectivity index (χ0n) is 19.4. The van der Waals surface area contributed by atoms with Gasteiger partial charge in [-0.15, -0.1) is 0 Å². The van der Waals surface area contributed by atoms with Gasteiger partial charge < -0.3 is 28.8 Å². The van der Waals surface area contributed by atoms with Crippen LogP contribution >= 0.6 is 0 Å². The SMILES string of the molecule is CO[C@@H]1C(COCc2ccccc2)O[C@H](O)C(OCc2ccccc2)[C@H]1OCc1ccccc1. The van der Waals surface area contributed by atoms with Crippen molar-refractivity contribution in [1.82, 2.24) is 0 Å². The lowest BCUT2D eigenvalue weighted by atomic mass is 9.98. The third kappa shape index (κ3) is 6.73. The molecule has 0 aromatic heterocycles. The Kier molecular flexibility index (Phi) is 9.21. The highest BCUT2D eigenvalue weighted by atomic mass is 16.7. The van der Waals surface area contributed by atoms with Gasteiger partial charge in [0.05, 0.1) is 26.4 Å². The van der Waals surface area contributed by atoms with Crippen molar-refractivity contribution in [2.75, 3.05) is 13.7 Å². The fraction of sp³-hybridized carbons (Fsp3) is 0.357. The summed E-state index contributed by atoms with van der Waals surface area (Å²) < 4.78 is 30.0. The number of hydrogen-bond acceptors (Lipinski definition) is 6. The molecule has 1 fully saturated rings. The van der Waals surface area contributed by atoms with Gasteiger partial charge in [0.15, 0.2) is 6.29 Å². The Morgan fingerprint density at radius 3 is 1.62 bits per heavy atom. The molecule has 1 aliphatic heterocycles. The molecule has 1 aliphatic rings. The molecule has 0 amide bonds. The molecule has 2 unspecified atom stereocenters. The van der Waals surface area contributed by atoms with E-state index in [2.05, 4.69) is 0 Å². The molecule has 5 atom stereocenters. The van der Waals surface area contributed by atoms with Crippen molar-refractivity contribution < 1.29 is 28.8 Å². The van der Waals surface area contributed by atoms with Crippen LogP contribution in [-0.4, -0.2) is 49.5 Å². The standard InChI is InChI=1S/C28H32O6/c1-30-25-24(20-31-17-21-11-5-2-6-12-21)34-28(29)27(33-19-23-15-9-4-10-16-23)26(25)32-18-22-13-7-3-8-14-22/h2-16,24-29H,17-20H2,1H3/t24?,25-,26+,27?,28+/m1/s1. The summed E-state index contributed by atoms with van der Waals surface area (Å²) in [4.78, 5) is 0. The maximum Gasteiger partial charge on any atom is 0.184 e. The Bertz CT molecular complexity index is 952. The summed E-state index contributed by atoms with van der Waals surface area (Å²) in [6.07, 6.45) is -3.45. The average Bonchev–Trinajstić information content (AvgIpc) is 2.88. The van der Waals surface area contributed by atoms with Crippen LogP contribution in [0.4, 0.5) is 0 Å². The minimum Gasteiger partial charge on any atom is -0.376 e. The first kappa shape index (κ1) is 24.5. The largest absolute Gasteiger partial charge is 0.376 e. The molecule has 0 spiro atoms. The summed E-state index contributed by atoms with van der Waals surface area (Å²) in [5, 5.41) is 10.9. The molecule has 0 saturated carbocycles. The lowest BCUT2D eigenvalue weighted by Crippen LogP contribution is -2.61. The van der Waals surface area contributed by atoms with Crippen molar-refractivity contribution in [2.45, 2.75) is 50.5 Å². The van der Waals surface area contributed by atoms with Gasteiger partial charge in [-0.25, -0.2) is 0 Å². The van der Waals surface area contributed by atoms with Gasteiger partial charge in [0.2, 0.25) is 0 Å². The maximum atomic E-state index is 10.9. The van der Waals surface area contributed by atoms with E-state index in [1.807, 2.05) is 91.0 Å². The summed E-state index contributed by atoms with van der Waals surface area (Å²) in [5.41, 5.74) is 3.09. The van der Waals surface area contributed by atoms with E-state index in [1.165, 1.54) is 0 Å². The summed E-state index contributed by atoms with van der Waals surface area (Å²) in [5.74, 6) is 0. The van der Waals surface area contributed by atoms with Crippen molar-refractivity contribution in [3.05, 3.63) is 108 Å². The van der Waals surface area contributed by atoms with Crippen LogP contribution in [0.3, 0.4) is 0 Å². The Balaban J connectivity index is 1.45. The van der Waals surface area contributed by atoms with E-state index in [1.54, 1.807) is 7.11 Å². The van der Waals surface area contributed by atoms with E-state index in [0.717, 1.165) is 16.7 Å². The molecule has 34 heavy (non-hydrogen) atoms. The molecule has 3 aromatic rings. The molecule has 0 aliphatic carbocycles. The number of methoxy groups -OCH3 is 1. The monoisotopic (exact) mass is 464 g/mol. The zero-order chi connectivity index (χ0) is 23.6. The van der Waals surface area contributed by atoms with E-state index in [0.29, 0.717) is 19.8 Å². The number of benzene rings is 3. The average molecular weight is 465 g/mol. The van der Waals surface area contributed by atoms with Crippen LogP contribution in [0.5, 0.6) is 0 Å². The molecule has 1 heterocycles. The van der Waals surface area contributed by atoms with Gasteiger partial charge in [-0.1, -0.05) is 91.0 Å². The Morgan fingerprint density at radius 2 is 1.12 bits per heavy atom. The number of aliphatic hydroxyl groups excluding tert-OH is 1. The molecule has 1 saturated heterocycles. The highest BCUT2D eigenvalue weighted by Gasteiger charge is 2.47. The molecule has 6 nitrogen and oxygen atoms in total. The molecule has 1 N–H and O–H groups in total. The fourth-order valence-corrected chi connectivity index (χ4v) is 4.08. The third-order valence-corrected chi connectivity index (χ3v) is 5.85. The second kappa shape index (κ2) is 12.8. The minimum atomic E-state index is -1.18. The predicted molar refractivity (Wildman–Crippen MR) is 128 cm³/mol. The predicted octanol–water partition coefficient (Wildman–Crippen LogP) is 4.11. The quantitative estimate of drug-likeness (QED) is 0.461. The van der Waals surface area contributed by atoms with Gasteiger partial charge in [-0.3, -0.25) is 0 Å². The van der Waals surface area contributed by atoms with Gasteiger partial charge in [-0.05, 0) is 16.7 Å². The lowest BCUT2D eigenvalue weighted by molar-refractivity contribution is -0.312. The summed E-state index contributed by atoms with van der Waals surface area (Å²) >= 11 is 0. The lowest BCUT2D eigenvalue weighted by Gasteiger charge is -2.44. The van der Waals surface area contributed by atoms with Gasteiger partial charge in [0.1, 0.15) is 24.4 Å². The number of aliphatic hydroxyl groups is 1. The Morgan fingerprint density at radius 1 is 0.647 bits per heavy atom. The molecule has 6 heteroatoms. The van der Waals surface area contributed by atoms with Crippen molar-refractivity contribution in [3.8, 4) is 0 Å². The van der Waals surface area contributed by atoms with Crippen LogP contribution in [0.15, 0.2) is 91.0 Å². The van der Waals surface area contributed by atoms with E-state index < -0.39 is 30.7 Å². The van der Waals surface area contributed by atoms with Gasteiger partial charge in [0, 0.05) is 7.11 Å². The molecular formula is C28H32O6. The second-order valence-corrected chi connectivity index (χ2v) is 8.29. The molecule has 0 radical (unpaired) electrons. The first-order valence-electron chi connectivity index (χ1n) is 11.5. The Labute approximate surface area is 201 Å². The molecule has 3 aromatic carbocycles. The van der Waals surface area contributed by atoms with Crippen molar-refractivity contribution in [1.29, 1.82) is 0 Å². The zero-order valence-corrected chi connectivity index (χ0v) is 19.4. The topological polar surface area (TPSA) is 66.4 Å². The second-order valence-electron chi connectivity index (χ2n) is 8.29. The first-order chi connectivity index (χ1) is 16.7. The van der Waals surface area contributed by atoms with Crippen LogP contribution in [0.2, 0.25) is 0 Å². The molecule has 4 rings (SSSR count). The van der Waals surface area contributed by atoms with Crippen LogP contribution in [-0.2, 0) is 43.5 Å². The first-order valence-corrected chi connectivity index (χ1v) is 11.5. The van der Waals surface area contributed by atoms with Crippen LogP contribution in [0, 0.1) is 0 Å². The summed E-state index contributed by atoms with van der Waals surface area (Å²) in [6.45, 7) is 1.38. The fourth-order valence-electron chi connectivity index (χ4n) is 4.08. The number of ether oxygens (including phenoxy) is 5. The van der Waals surface area contributed by atoms with Crippen molar-refractivity contribution in [2.24, 2.45) is 0 Å². The van der Waals surface area contributed by atoms with Crippen LogP contribution < -0.4 is 0 Å². The van der Waals surface area contributed by atoms with Gasteiger partial charge in [0.25, 0.3) is 0 Å². The molecule has 0 bridgehead atoms. The summed E-state index contributed by atoms with van der Waals surface area (Å²) in [6, 6.07) is 29.6. The smallest absolute Gasteiger partial charge is 0.184 e. The van der Waals surface area contributed by atoms with E-state index >= 15 is 0 Å². The summed E-state index contributed by atoms with van der Waals surface area (Å²) in [7, 11) is 1.61. The number of rotatable bonds is 11. The van der Waals surface area contributed by atoms with Crippen molar-refractivity contribution in [3.63, 3.8) is 0 Å². The maximum absolute atomic E-state index is 10.9. The number of hydrogen-bond donors (Lipinski definition) is 1. The minimum absolute atomic E-state index is 0.251. The molecule has 180 valence electrons. The van der Waals surface area contributed by atoms with Gasteiger partial charge >= 0.3 is 0 Å². The molecular weight excluding hydrogens is 432 g/mol. The highest BCUT2D eigenvalue weighted by Crippen LogP contribution is 2.29. The van der Waals surface area contributed by atoms with Crippen LogP contribution in [0.1, 0.15) is 16.7 Å². The van der Waals surface area contributed by atoms with Gasteiger partial charge in [-0.2, -0.15) is 0 Å². The highest BCUT2D eigenvalue weighted by molar-refractivity contribution is 5.15. The van der Waals surface area contributed by atoms with Crippen molar-refractivity contribution >= 4 is 0 Å².